The van der Waals surface area contributed by atoms with Crippen LogP contribution < -0.4 is 11.3 Å². The third-order valence-electron chi connectivity index (χ3n) is 3.75. The number of H-pyrrole nitrogens is 2. The largest absolute Gasteiger partial charge is 0.399 e. The van der Waals surface area contributed by atoms with Gasteiger partial charge in [-0.25, -0.2) is 0 Å². The molecule has 0 unspecified atom stereocenters. The van der Waals surface area contributed by atoms with E-state index in [2.05, 4.69) is 34.3 Å². The minimum atomic E-state index is -0.324. The van der Waals surface area contributed by atoms with Crippen LogP contribution in [0.25, 0.3) is 11.3 Å². The molecule has 0 saturated heterocycles. The van der Waals surface area contributed by atoms with Gasteiger partial charge < -0.3 is 5.73 Å². The van der Waals surface area contributed by atoms with Crippen LogP contribution in [0.1, 0.15) is 25.3 Å². The van der Waals surface area contributed by atoms with Crippen LogP contribution in [0, 0.1) is 0 Å². The van der Waals surface area contributed by atoms with Crippen LogP contribution in [0.3, 0.4) is 0 Å². The molecule has 0 bridgehead atoms. The topological polar surface area (TPSA) is 99.4 Å². The van der Waals surface area contributed by atoms with Crippen molar-refractivity contribution in [3.63, 3.8) is 0 Å². The minimum Gasteiger partial charge on any atom is -0.399 e. The van der Waals surface area contributed by atoms with Crippen molar-refractivity contribution < 1.29 is 0 Å². The first-order valence-electron chi connectivity index (χ1n) is 7.73. The second-order valence-corrected chi connectivity index (χ2v) is 5.87. The molecule has 3 rings (SSSR count). The van der Waals surface area contributed by atoms with Gasteiger partial charge in [0.15, 0.2) is 5.69 Å². The molecule has 1 heterocycles. The van der Waals surface area contributed by atoms with Crippen LogP contribution in [-0.4, -0.2) is 10.2 Å². The van der Waals surface area contributed by atoms with E-state index in [1.54, 1.807) is 12.1 Å². The van der Waals surface area contributed by atoms with Gasteiger partial charge in [0.25, 0.3) is 5.56 Å². The molecular formula is C18H19N5O. The molecule has 0 atom stereocenters. The molecule has 0 saturated carbocycles. The van der Waals surface area contributed by atoms with Crippen molar-refractivity contribution in [1.82, 2.24) is 10.2 Å². The maximum atomic E-state index is 12.0. The lowest BCUT2D eigenvalue weighted by Crippen LogP contribution is -1.96. The third kappa shape index (κ3) is 3.27. The monoisotopic (exact) mass is 321 g/mol. The molecule has 0 aliphatic heterocycles. The second kappa shape index (κ2) is 6.54. The predicted octanol–water partition coefficient (Wildman–Crippen LogP) is 4.49. The molecule has 6 heteroatoms. The van der Waals surface area contributed by atoms with Crippen LogP contribution >= 0.6 is 0 Å². The van der Waals surface area contributed by atoms with E-state index < -0.39 is 0 Å². The fourth-order valence-corrected chi connectivity index (χ4v) is 2.38. The summed E-state index contributed by atoms with van der Waals surface area (Å²) in [5, 5.41) is 13.7. The first-order chi connectivity index (χ1) is 11.5. The van der Waals surface area contributed by atoms with Gasteiger partial charge in [-0.15, -0.1) is 5.11 Å². The third-order valence-corrected chi connectivity index (χ3v) is 3.75. The molecule has 24 heavy (non-hydrogen) atoms. The molecule has 0 aliphatic rings. The number of anilines is 1. The number of nitrogens with zero attached hydrogens (tertiary/aromatic N) is 2. The van der Waals surface area contributed by atoms with Crippen molar-refractivity contribution in [1.29, 1.82) is 0 Å². The van der Waals surface area contributed by atoms with Crippen molar-refractivity contribution >= 4 is 17.1 Å². The lowest BCUT2D eigenvalue weighted by molar-refractivity contribution is 0.866. The summed E-state index contributed by atoms with van der Waals surface area (Å²) in [6.45, 7) is 4.27. The Hall–Kier alpha value is -3.15. The van der Waals surface area contributed by atoms with Gasteiger partial charge in [-0.2, -0.15) is 5.11 Å². The van der Waals surface area contributed by atoms with Gasteiger partial charge in [0.05, 0.1) is 11.4 Å². The van der Waals surface area contributed by atoms with Gasteiger partial charge in [0.2, 0.25) is 0 Å². The Morgan fingerprint density at radius 2 is 1.75 bits per heavy atom. The number of aromatic amines is 2. The molecule has 1 aromatic heterocycles. The number of azo groups is 1. The fourth-order valence-electron chi connectivity index (χ4n) is 2.38. The van der Waals surface area contributed by atoms with Gasteiger partial charge in [-0.05, 0) is 35.7 Å². The second-order valence-electron chi connectivity index (χ2n) is 5.87. The van der Waals surface area contributed by atoms with E-state index in [1.165, 1.54) is 5.56 Å². The molecule has 0 fully saturated rings. The molecule has 122 valence electrons. The summed E-state index contributed by atoms with van der Waals surface area (Å²) in [5.41, 5.74) is 9.58. The minimum absolute atomic E-state index is 0.230. The number of benzene rings is 2. The summed E-state index contributed by atoms with van der Waals surface area (Å²) >= 11 is 0. The summed E-state index contributed by atoms with van der Waals surface area (Å²) in [4.78, 5) is 12.0. The lowest BCUT2D eigenvalue weighted by atomic mass is 10.0. The number of hydrogen-bond acceptors (Lipinski definition) is 4. The molecule has 3 aromatic rings. The highest BCUT2D eigenvalue weighted by atomic mass is 16.1. The van der Waals surface area contributed by atoms with Crippen molar-refractivity contribution in [3.05, 3.63) is 64.4 Å². The van der Waals surface area contributed by atoms with Crippen LogP contribution in [0.15, 0.2) is 63.6 Å². The highest BCUT2D eigenvalue weighted by Gasteiger charge is 2.11. The summed E-state index contributed by atoms with van der Waals surface area (Å²) < 4.78 is 0. The fraction of sp³-hybridized carbons (Fsp3) is 0.167. The summed E-state index contributed by atoms with van der Waals surface area (Å²) in [6.07, 6.45) is 0. The number of nitrogen functional groups attached to an aromatic ring is 1. The Balaban J connectivity index is 1.93. The Bertz CT molecular complexity index is 919. The Morgan fingerprint density at radius 1 is 1.00 bits per heavy atom. The smallest absolute Gasteiger partial charge is 0.292 e. The van der Waals surface area contributed by atoms with Gasteiger partial charge >= 0.3 is 0 Å². The molecule has 4 N–H and O–H groups in total. The Morgan fingerprint density at radius 3 is 2.42 bits per heavy atom. The van der Waals surface area contributed by atoms with E-state index in [9.17, 15) is 4.79 Å². The Kier molecular flexibility index (Phi) is 4.29. The van der Waals surface area contributed by atoms with Crippen LogP contribution in [0.5, 0.6) is 0 Å². The standard InChI is InChI=1S/C18H19N5O/c1-11(2)12-6-8-15(9-7-12)20-22-17-16(21-23-18(17)24)13-4-3-5-14(19)10-13/h3-11H,19H2,1-2H3,(H2,21,23,24). The quantitative estimate of drug-likeness (QED) is 0.487. The summed E-state index contributed by atoms with van der Waals surface area (Å²) in [5.74, 6) is 0.457. The maximum Gasteiger partial charge on any atom is 0.292 e. The number of aromatic nitrogens is 2. The zero-order valence-electron chi connectivity index (χ0n) is 13.6. The summed E-state index contributed by atoms with van der Waals surface area (Å²) in [6, 6.07) is 15.0. The van der Waals surface area contributed by atoms with Gasteiger partial charge in [-0.1, -0.05) is 38.1 Å². The molecule has 0 amide bonds. The summed E-state index contributed by atoms with van der Waals surface area (Å²) in [7, 11) is 0. The molecule has 0 aliphatic carbocycles. The highest BCUT2D eigenvalue weighted by Crippen LogP contribution is 2.28. The van der Waals surface area contributed by atoms with Crippen molar-refractivity contribution in [2.75, 3.05) is 5.73 Å². The number of rotatable bonds is 4. The molecule has 2 aromatic carbocycles. The van der Waals surface area contributed by atoms with E-state index in [0.717, 1.165) is 5.56 Å². The highest BCUT2D eigenvalue weighted by molar-refractivity contribution is 5.73. The van der Waals surface area contributed by atoms with Crippen LogP contribution in [0.4, 0.5) is 17.1 Å². The number of hydrogen-bond donors (Lipinski definition) is 3. The first kappa shape index (κ1) is 15.7. The molecule has 0 spiro atoms. The van der Waals surface area contributed by atoms with E-state index in [0.29, 0.717) is 23.0 Å². The lowest BCUT2D eigenvalue weighted by Gasteiger charge is -2.04. The Labute approximate surface area is 139 Å². The van der Waals surface area contributed by atoms with Gasteiger partial charge in [0, 0.05) is 11.3 Å². The molecule has 6 nitrogen and oxygen atoms in total. The zero-order valence-corrected chi connectivity index (χ0v) is 13.6. The first-order valence-corrected chi connectivity index (χ1v) is 7.73. The maximum absolute atomic E-state index is 12.0. The average molecular weight is 321 g/mol. The normalized spacial score (nSPS) is 11.5. The van der Waals surface area contributed by atoms with Crippen molar-refractivity contribution in [3.8, 4) is 11.3 Å². The zero-order chi connectivity index (χ0) is 17.1. The molecular weight excluding hydrogens is 302 g/mol. The van der Waals surface area contributed by atoms with Crippen LogP contribution in [-0.2, 0) is 0 Å². The average Bonchev–Trinajstić information content (AvgIpc) is 2.94. The van der Waals surface area contributed by atoms with Crippen molar-refractivity contribution in [2.24, 2.45) is 10.2 Å². The van der Waals surface area contributed by atoms with E-state index >= 15 is 0 Å². The van der Waals surface area contributed by atoms with Crippen molar-refractivity contribution in [2.45, 2.75) is 19.8 Å². The number of nitrogens with two attached hydrogens (primary N) is 1. The van der Waals surface area contributed by atoms with E-state index in [4.69, 9.17) is 5.73 Å². The van der Waals surface area contributed by atoms with Gasteiger partial charge in [-0.3, -0.25) is 15.0 Å². The van der Waals surface area contributed by atoms with Gasteiger partial charge in [0.1, 0.15) is 0 Å². The van der Waals surface area contributed by atoms with E-state index in [-0.39, 0.29) is 11.2 Å². The molecule has 0 radical (unpaired) electrons. The SMILES string of the molecule is CC(C)c1ccc(N=Nc2c(-c3cccc(N)c3)[nH][nH]c2=O)cc1. The van der Waals surface area contributed by atoms with Crippen LogP contribution in [0.2, 0.25) is 0 Å². The predicted molar refractivity (Wildman–Crippen MR) is 96.0 cm³/mol. The van der Waals surface area contributed by atoms with E-state index in [1.807, 2.05) is 36.4 Å². The number of nitrogens with one attached hydrogen (secondary N) is 2.